The number of ether oxygens (including phenoxy) is 2. The number of aromatic amines is 1. The Hall–Kier alpha value is -3.66. The fourth-order valence-electron chi connectivity index (χ4n) is 2.56. The molecule has 2 heterocycles. The minimum absolute atomic E-state index is 0.190. The maximum atomic E-state index is 12.3. The van der Waals surface area contributed by atoms with Crippen LogP contribution in [0.3, 0.4) is 0 Å². The highest BCUT2D eigenvalue weighted by atomic mass is 32.1. The Labute approximate surface area is 176 Å². The Bertz CT molecular complexity index is 1090. The zero-order chi connectivity index (χ0) is 21.5. The van der Waals surface area contributed by atoms with E-state index >= 15 is 0 Å². The van der Waals surface area contributed by atoms with Crippen LogP contribution in [0.4, 0.5) is 10.8 Å². The summed E-state index contributed by atoms with van der Waals surface area (Å²) in [6, 6.07) is 7.84. The first-order chi connectivity index (χ1) is 14.5. The molecule has 2 aromatic heterocycles. The molecule has 3 aromatic rings. The van der Waals surface area contributed by atoms with Gasteiger partial charge in [-0.25, -0.2) is 4.98 Å². The molecule has 0 aliphatic carbocycles. The van der Waals surface area contributed by atoms with Crippen molar-refractivity contribution in [1.29, 1.82) is 0 Å². The Morgan fingerprint density at radius 2 is 1.97 bits per heavy atom. The second-order valence-corrected chi connectivity index (χ2v) is 7.01. The number of aryl methyl sites for hydroxylation is 1. The third-order valence-electron chi connectivity index (χ3n) is 4.11. The standard InChI is InChI=1S/C20H20N4O5S/c1-28-14-5-6-15(16(9-14)29-2)23-18(26)8-4-13-11-30-20(22-13)24-19(27)12-3-7-17(25)21-10-12/h3,5-7,9-11H,4,8H2,1-2H3,(H,21,25)(H,23,26)(H,22,24,27). The number of H-pyrrole nitrogens is 1. The van der Waals surface area contributed by atoms with Crippen molar-refractivity contribution in [2.75, 3.05) is 24.9 Å². The highest BCUT2D eigenvalue weighted by Crippen LogP contribution is 2.29. The molecule has 0 spiro atoms. The SMILES string of the molecule is COc1ccc(NC(=O)CCc2csc(NC(=O)c3ccc(=O)[nH]c3)n2)c(OC)c1. The number of carbonyl (C=O) groups is 2. The Morgan fingerprint density at radius 3 is 2.67 bits per heavy atom. The summed E-state index contributed by atoms with van der Waals surface area (Å²) in [5.41, 5.74) is 1.27. The number of benzene rings is 1. The Balaban J connectivity index is 1.53. The van der Waals surface area contributed by atoms with E-state index in [1.807, 2.05) is 0 Å². The first-order valence-corrected chi connectivity index (χ1v) is 9.83. The first-order valence-electron chi connectivity index (χ1n) is 8.95. The van der Waals surface area contributed by atoms with Crippen molar-refractivity contribution >= 4 is 34.0 Å². The number of thiazole rings is 1. The van der Waals surface area contributed by atoms with Crippen molar-refractivity contribution in [3.63, 3.8) is 0 Å². The lowest BCUT2D eigenvalue weighted by Crippen LogP contribution is -2.14. The summed E-state index contributed by atoms with van der Waals surface area (Å²) < 4.78 is 10.4. The van der Waals surface area contributed by atoms with E-state index in [0.717, 1.165) is 0 Å². The minimum Gasteiger partial charge on any atom is -0.497 e. The summed E-state index contributed by atoms with van der Waals surface area (Å²) in [6.45, 7) is 0. The predicted molar refractivity (Wildman–Crippen MR) is 114 cm³/mol. The van der Waals surface area contributed by atoms with Gasteiger partial charge < -0.3 is 19.8 Å². The van der Waals surface area contributed by atoms with E-state index in [9.17, 15) is 14.4 Å². The van der Waals surface area contributed by atoms with Crippen molar-refractivity contribution in [2.24, 2.45) is 0 Å². The summed E-state index contributed by atoms with van der Waals surface area (Å²) in [5.74, 6) is 0.564. The molecular weight excluding hydrogens is 408 g/mol. The van der Waals surface area contributed by atoms with Crippen LogP contribution < -0.4 is 25.7 Å². The smallest absolute Gasteiger partial charge is 0.258 e. The number of amides is 2. The molecule has 0 fully saturated rings. The van der Waals surface area contributed by atoms with Gasteiger partial charge in [-0.1, -0.05) is 0 Å². The molecular formula is C20H20N4O5S. The van der Waals surface area contributed by atoms with Crippen LogP contribution in [0.25, 0.3) is 0 Å². The van der Waals surface area contributed by atoms with Crippen molar-refractivity contribution in [3.05, 3.63) is 63.5 Å². The fraction of sp³-hybridized carbons (Fsp3) is 0.200. The van der Waals surface area contributed by atoms with Crippen molar-refractivity contribution in [2.45, 2.75) is 12.8 Å². The van der Waals surface area contributed by atoms with Gasteiger partial charge in [0.05, 0.1) is 31.2 Å². The van der Waals surface area contributed by atoms with E-state index in [-0.39, 0.29) is 23.8 Å². The van der Waals surface area contributed by atoms with E-state index in [1.54, 1.807) is 30.7 Å². The highest BCUT2D eigenvalue weighted by molar-refractivity contribution is 7.14. The Kier molecular flexibility index (Phi) is 6.81. The summed E-state index contributed by atoms with van der Waals surface area (Å²) in [5, 5.41) is 7.67. The molecule has 9 nitrogen and oxygen atoms in total. The van der Waals surface area contributed by atoms with E-state index in [4.69, 9.17) is 9.47 Å². The topological polar surface area (TPSA) is 122 Å². The molecule has 2 amide bonds. The van der Waals surface area contributed by atoms with Gasteiger partial charge in [-0.2, -0.15) is 0 Å². The van der Waals surface area contributed by atoms with Crippen LogP contribution in [0.1, 0.15) is 22.5 Å². The monoisotopic (exact) mass is 428 g/mol. The Morgan fingerprint density at radius 1 is 1.13 bits per heavy atom. The van der Waals surface area contributed by atoms with E-state index < -0.39 is 0 Å². The molecule has 1 aromatic carbocycles. The van der Waals surface area contributed by atoms with Crippen molar-refractivity contribution < 1.29 is 19.1 Å². The molecule has 3 rings (SSSR count). The van der Waals surface area contributed by atoms with Gasteiger partial charge in [0.1, 0.15) is 11.5 Å². The average molecular weight is 428 g/mol. The van der Waals surface area contributed by atoms with Gasteiger partial charge in [0.25, 0.3) is 5.91 Å². The quantitative estimate of drug-likeness (QED) is 0.507. The highest BCUT2D eigenvalue weighted by Gasteiger charge is 2.12. The molecule has 30 heavy (non-hydrogen) atoms. The summed E-state index contributed by atoms with van der Waals surface area (Å²) in [4.78, 5) is 42.3. The van der Waals surface area contributed by atoms with Gasteiger partial charge in [0, 0.05) is 30.1 Å². The number of rotatable bonds is 8. The molecule has 156 valence electrons. The lowest BCUT2D eigenvalue weighted by Gasteiger charge is -2.11. The number of methoxy groups -OCH3 is 2. The van der Waals surface area contributed by atoms with Crippen LogP contribution in [0.2, 0.25) is 0 Å². The number of carbonyl (C=O) groups excluding carboxylic acids is 2. The van der Waals surface area contributed by atoms with Crippen molar-refractivity contribution in [3.8, 4) is 11.5 Å². The number of hydrogen-bond donors (Lipinski definition) is 3. The third kappa shape index (κ3) is 5.45. The molecule has 0 radical (unpaired) electrons. The summed E-state index contributed by atoms with van der Waals surface area (Å²) in [7, 11) is 3.07. The van der Waals surface area contributed by atoms with Crippen molar-refractivity contribution in [1.82, 2.24) is 9.97 Å². The second-order valence-electron chi connectivity index (χ2n) is 6.15. The molecule has 3 N–H and O–H groups in total. The fourth-order valence-corrected chi connectivity index (χ4v) is 3.30. The van der Waals surface area contributed by atoms with Crippen LogP contribution in [0, 0.1) is 0 Å². The normalized spacial score (nSPS) is 10.3. The molecule has 10 heteroatoms. The zero-order valence-corrected chi connectivity index (χ0v) is 17.2. The van der Waals surface area contributed by atoms with E-state index in [2.05, 4.69) is 20.6 Å². The maximum Gasteiger partial charge on any atom is 0.258 e. The van der Waals surface area contributed by atoms with Crippen LogP contribution in [0.5, 0.6) is 11.5 Å². The summed E-state index contributed by atoms with van der Waals surface area (Å²) >= 11 is 1.26. The third-order valence-corrected chi connectivity index (χ3v) is 4.92. The number of anilines is 2. The molecule has 0 unspecified atom stereocenters. The molecule has 0 saturated carbocycles. The predicted octanol–water partition coefficient (Wildman–Crippen LogP) is 2.67. The number of aromatic nitrogens is 2. The molecule has 0 aliphatic heterocycles. The molecule has 0 atom stereocenters. The van der Waals surface area contributed by atoms with Crippen LogP contribution in [-0.4, -0.2) is 36.0 Å². The van der Waals surface area contributed by atoms with E-state index in [1.165, 1.54) is 36.8 Å². The zero-order valence-electron chi connectivity index (χ0n) is 16.4. The van der Waals surface area contributed by atoms with Gasteiger partial charge >= 0.3 is 0 Å². The number of nitrogens with one attached hydrogen (secondary N) is 3. The van der Waals surface area contributed by atoms with Crippen LogP contribution in [0.15, 0.2) is 46.7 Å². The van der Waals surface area contributed by atoms with E-state index in [0.29, 0.717) is 40.0 Å². The van der Waals surface area contributed by atoms with Crippen LogP contribution in [-0.2, 0) is 11.2 Å². The lowest BCUT2D eigenvalue weighted by molar-refractivity contribution is -0.116. The van der Waals surface area contributed by atoms with Gasteiger partial charge in [-0.05, 0) is 24.6 Å². The van der Waals surface area contributed by atoms with Crippen LogP contribution >= 0.6 is 11.3 Å². The summed E-state index contributed by atoms with van der Waals surface area (Å²) in [6.07, 6.45) is 1.96. The molecule has 0 bridgehead atoms. The second kappa shape index (κ2) is 9.70. The minimum atomic E-state index is -0.378. The maximum absolute atomic E-state index is 12.3. The number of pyridine rings is 1. The van der Waals surface area contributed by atoms with Gasteiger partial charge in [-0.15, -0.1) is 11.3 Å². The number of nitrogens with zero attached hydrogens (tertiary/aromatic N) is 1. The average Bonchev–Trinajstić information content (AvgIpc) is 3.20. The largest absolute Gasteiger partial charge is 0.497 e. The molecule has 0 aliphatic rings. The first kappa shape index (κ1) is 21.1. The van der Waals surface area contributed by atoms with Gasteiger partial charge in [0.2, 0.25) is 11.5 Å². The number of hydrogen-bond acceptors (Lipinski definition) is 7. The molecule has 0 saturated heterocycles. The van der Waals surface area contributed by atoms with Gasteiger partial charge in [0.15, 0.2) is 5.13 Å². The lowest BCUT2D eigenvalue weighted by atomic mass is 10.2. The van der Waals surface area contributed by atoms with Gasteiger partial charge in [-0.3, -0.25) is 19.7 Å².